The predicted molar refractivity (Wildman–Crippen MR) is 116 cm³/mol. The summed E-state index contributed by atoms with van der Waals surface area (Å²) >= 11 is 0. The minimum Gasteiger partial charge on any atom is -0.407 e. The number of aromatic nitrogens is 2. The number of nitrogens with zero attached hydrogens (tertiary/aromatic N) is 2. The van der Waals surface area contributed by atoms with Crippen molar-refractivity contribution in [3.63, 3.8) is 0 Å². The van der Waals surface area contributed by atoms with E-state index in [1.54, 1.807) is 4.68 Å². The zero-order chi connectivity index (χ0) is 21.3. The molecule has 2 aromatic carbocycles. The van der Waals surface area contributed by atoms with Crippen LogP contribution in [0, 0.1) is 6.92 Å². The molecule has 1 N–H and O–H groups in total. The van der Waals surface area contributed by atoms with Crippen LogP contribution in [0.15, 0.2) is 48.5 Å². The number of hydrogen-bond acceptors (Lipinski definition) is 4. The van der Waals surface area contributed by atoms with E-state index in [4.69, 9.17) is 9.84 Å². The molecule has 1 amide bonds. The van der Waals surface area contributed by atoms with Crippen LogP contribution in [0.5, 0.6) is 5.88 Å². The molecule has 1 aromatic heterocycles. The third-order valence-electron chi connectivity index (χ3n) is 5.10. The van der Waals surface area contributed by atoms with Crippen LogP contribution in [0.25, 0.3) is 16.8 Å². The van der Waals surface area contributed by atoms with Gasteiger partial charge in [0.2, 0.25) is 11.8 Å². The molecule has 0 saturated heterocycles. The molecule has 3 aromatic rings. The largest absolute Gasteiger partial charge is 0.407 e. The quantitative estimate of drug-likeness (QED) is 0.588. The van der Waals surface area contributed by atoms with Crippen molar-refractivity contribution >= 4 is 17.6 Å². The number of rotatable bonds is 6. The monoisotopic (exact) mass is 403 g/mol. The van der Waals surface area contributed by atoms with Gasteiger partial charge in [0.25, 0.3) is 0 Å². The molecule has 0 aliphatic heterocycles. The molecule has 4 rings (SSSR count). The number of carbonyl (C=O) groups excluding carboxylic acids is 2. The summed E-state index contributed by atoms with van der Waals surface area (Å²) < 4.78 is 7.41. The average Bonchev–Trinajstić information content (AvgIpc) is 3.50. The second-order valence-corrected chi connectivity index (χ2v) is 7.66. The van der Waals surface area contributed by atoms with Crippen molar-refractivity contribution < 1.29 is 14.3 Å². The highest BCUT2D eigenvalue weighted by molar-refractivity contribution is 5.91. The highest BCUT2D eigenvalue weighted by atomic mass is 16.5. The van der Waals surface area contributed by atoms with Crippen molar-refractivity contribution in [2.45, 2.75) is 46.0 Å². The first-order valence-corrected chi connectivity index (χ1v) is 10.2. The van der Waals surface area contributed by atoms with Crippen LogP contribution in [-0.4, -0.2) is 21.7 Å². The second-order valence-electron chi connectivity index (χ2n) is 7.66. The topological polar surface area (TPSA) is 73.2 Å². The zero-order valence-corrected chi connectivity index (χ0v) is 17.4. The van der Waals surface area contributed by atoms with Gasteiger partial charge in [-0.3, -0.25) is 9.59 Å². The molecule has 6 heteroatoms. The van der Waals surface area contributed by atoms with Crippen LogP contribution in [0.2, 0.25) is 0 Å². The molecule has 1 aliphatic carbocycles. The van der Waals surface area contributed by atoms with Gasteiger partial charge in [-0.2, -0.15) is 9.78 Å². The summed E-state index contributed by atoms with van der Waals surface area (Å²) in [6, 6.07) is 15.5. The van der Waals surface area contributed by atoms with Crippen LogP contribution in [0.1, 0.15) is 50.3 Å². The Morgan fingerprint density at radius 1 is 1.17 bits per heavy atom. The van der Waals surface area contributed by atoms with E-state index >= 15 is 0 Å². The number of anilines is 1. The molecule has 0 unspecified atom stereocenters. The molecule has 6 nitrogen and oxygen atoms in total. The molecule has 0 radical (unpaired) electrons. The minimum atomic E-state index is -0.390. The highest BCUT2D eigenvalue weighted by Gasteiger charge is 2.34. The summed E-state index contributed by atoms with van der Waals surface area (Å²) in [6.45, 7) is 5.23. The lowest BCUT2D eigenvalue weighted by Crippen LogP contribution is -2.09. The van der Waals surface area contributed by atoms with E-state index in [0.29, 0.717) is 18.2 Å². The van der Waals surface area contributed by atoms with Gasteiger partial charge in [-0.15, -0.1) is 0 Å². The van der Waals surface area contributed by atoms with Crippen molar-refractivity contribution in [2.75, 3.05) is 5.32 Å². The second kappa shape index (κ2) is 8.14. The average molecular weight is 403 g/mol. The Morgan fingerprint density at radius 3 is 2.50 bits per heavy atom. The Bertz CT molecular complexity index is 1100. The highest BCUT2D eigenvalue weighted by Crippen LogP contribution is 2.48. The summed E-state index contributed by atoms with van der Waals surface area (Å²) in [5.41, 5.74) is 5.37. The maximum atomic E-state index is 11.9. The van der Waals surface area contributed by atoms with Crippen LogP contribution < -0.4 is 10.1 Å². The smallest absolute Gasteiger partial charge is 0.309 e. The van der Waals surface area contributed by atoms with Gasteiger partial charge < -0.3 is 10.1 Å². The number of carbonyl (C=O) groups is 2. The SMILES string of the molecule is CCC(=O)Nc1ccc(-c2c(C3CC3)nn(-c3cccc(C)c3)c2OC(C)=O)cc1. The Balaban J connectivity index is 1.83. The van der Waals surface area contributed by atoms with E-state index in [1.807, 2.05) is 62.4 Å². The van der Waals surface area contributed by atoms with Gasteiger partial charge in [0.1, 0.15) is 0 Å². The first-order chi connectivity index (χ1) is 14.5. The van der Waals surface area contributed by atoms with Crippen LogP contribution in [-0.2, 0) is 9.59 Å². The summed E-state index contributed by atoms with van der Waals surface area (Å²) in [4.78, 5) is 23.6. The summed E-state index contributed by atoms with van der Waals surface area (Å²) in [5, 5.41) is 7.73. The van der Waals surface area contributed by atoms with E-state index in [-0.39, 0.29) is 11.9 Å². The van der Waals surface area contributed by atoms with Gasteiger partial charge in [-0.25, -0.2) is 0 Å². The molecular formula is C24H25N3O3. The third-order valence-corrected chi connectivity index (χ3v) is 5.10. The van der Waals surface area contributed by atoms with E-state index in [1.165, 1.54) is 6.92 Å². The number of esters is 1. The first kappa shape index (κ1) is 19.9. The maximum absolute atomic E-state index is 11.9. The normalized spacial score (nSPS) is 13.2. The predicted octanol–water partition coefficient (Wildman–Crippen LogP) is 5.00. The minimum absolute atomic E-state index is 0.0331. The Morgan fingerprint density at radius 2 is 1.90 bits per heavy atom. The number of benzene rings is 2. The molecule has 0 spiro atoms. The van der Waals surface area contributed by atoms with Crippen molar-refractivity contribution in [1.29, 1.82) is 0 Å². The first-order valence-electron chi connectivity index (χ1n) is 10.2. The molecule has 0 bridgehead atoms. The third kappa shape index (κ3) is 4.13. The van der Waals surface area contributed by atoms with E-state index in [2.05, 4.69) is 5.32 Å². The molecule has 154 valence electrons. The van der Waals surface area contributed by atoms with E-state index < -0.39 is 0 Å². The fraction of sp³-hybridized carbons (Fsp3) is 0.292. The fourth-order valence-corrected chi connectivity index (χ4v) is 3.47. The Hall–Kier alpha value is -3.41. The number of nitrogens with one attached hydrogen (secondary N) is 1. The Labute approximate surface area is 175 Å². The van der Waals surface area contributed by atoms with Crippen molar-refractivity contribution in [1.82, 2.24) is 9.78 Å². The van der Waals surface area contributed by atoms with Gasteiger partial charge >= 0.3 is 5.97 Å². The van der Waals surface area contributed by atoms with E-state index in [9.17, 15) is 9.59 Å². The van der Waals surface area contributed by atoms with Gasteiger partial charge in [0.15, 0.2) is 0 Å². The van der Waals surface area contributed by atoms with E-state index in [0.717, 1.165) is 46.6 Å². The lowest BCUT2D eigenvalue weighted by molar-refractivity contribution is -0.132. The summed E-state index contributed by atoms with van der Waals surface area (Å²) in [6.07, 6.45) is 2.57. The van der Waals surface area contributed by atoms with Gasteiger partial charge in [0, 0.05) is 24.9 Å². The Kier molecular flexibility index (Phi) is 5.40. The molecule has 1 aliphatic rings. The number of amides is 1. The van der Waals surface area contributed by atoms with Gasteiger partial charge in [-0.1, -0.05) is 31.2 Å². The zero-order valence-electron chi connectivity index (χ0n) is 17.4. The summed E-state index contributed by atoms with van der Waals surface area (Å²) in [7, 11) is 0. The molecule has 1 fully saturated rings. The van der Waals surface area contributed by atoms with Crippen LogP contribution in [0.4, 0.5) is 5.69 Å². The molecule has 0 atom stereocenters. The molecule has 1 heterocycles. The number of aryl methyl sites for hydroxylation is 1. The van der Waals surface area contributed by atoms with Crippen LogP contribution in [0.3, 0.4) is 0 Å². The van der Waals surface area contributed by atoms with Crippen molar-refractivity contribution in [3.8, 4) is 22.7 Å². The molecule has 1 saturated carbocycles. The van der Waals surface area contributed by atoms with Crippen molar-refractivity contribution in [2.24, 2.45) is 0 Å². The lowest BCUT2D eigenvalue weighted by atomic mass is 10.0. The molecular weight excluding hydrogens is 378 g/mol. The van der Waals surface area contributed by atoms with Gasteiger partial charge in [0.05, 0.1) is 16.9 Å². The number of hydrogen-bond donors (Lipinski definition) is 1. The summed E-state index contributed by atoms with van der Waals surface area (Å²) in [5.74, 6) is 0.369. The van der Waals surface area contributed by atoms with Gasteiger partial charge in [-0.05, 0) is 55.2 Å². The molecule has 30 heavy (non-hydrogen) atoms. The lowest BCUT2D eigenvalue weighted by Gasteiger charge is -2.10. The number of ether oxygens (including phenoxy) is 1. The fourth-order valence-electron chi connectivity index (χ4n) is 3.47. The standard InChI is InChI=1S/C24H25N3O3/c1-4-21(29)25-19-12-10-17(11-13-19)22-23(18-8-9-18)26-27(24(22)30-16(3)28)20-7-5-6-15(2)14-20/h5-7,10-14,18H,4,8-9H2,1-3H3,(H,25,29). The van der Waals surface area contributed by atoms with Crippen molar-refractivity contribution in [3.05, 3.63) is 59.8 Å². The maximum Gasteiger partial charge on any atom is 0.309 e. The van der Waals surface area contributed by atoms with Crippen LogP contribution >= 0.6 is 0 Å².